The summed E-state index contributed by atoms with van der Waals surface area (Å²) >= 11 is 0. The first-order valence-corrected chi connectivity index (χ1v) is 10.3. The SMILES string of the molecule is COc1ccccc1Cc1cccc([C@@H]2CCCN2C(=O)Cc2ccc(F)cc2)n1. The van der Waals surface area contributed by atoms with Gasteiger partial charge in [0, 0.05) is 24.2 Å². The highest BCUT2D eigenvalue weighted by molar-refractivity contribution is 5.79. The molecule has 1 aliphatic rings. The fourth-order valence-corrected chi connectivity index (χ4v) is 4.08. The van der Waals surface area contributed by atoms with Crippen LogP contribution >= 0.6 is 0 Å². The second-order valence-electron chi connectivity index (χ2n) is 7.59. The zero-order valence-electron chi connectivity index (χ0n) is 17.1. The Morgan fingerprint density at radius 2 is 1.90 bits per heavy atom. The Balaban J connectivity index is 1.50. The van der Waals surface area contributed by atoms with E-state index in [2.05, 4.69) is 0 Å². The Kier molecular flexibility index (Phi) is 6.07. The number of amides is 1. The first kappa shape index (κ1) is 20.1. The van der Waals surface area contributed by atoms with Crippen LogP contribution in [-0.2, 0) is 17.6 Å². The monoisotopic (exact) mass is 404 g/mol. The maximum absolute atomic E-state index is 13.1. The van der Waals surface area contributed by atoms with Crippen molar-refractivity contribution >= 4 is 5.91 Å². The van der Waals surface area contributed by atoms with Crippen molar-refractivity contribution in [1.29, 1.82) is 0 Å². The van der Waals surface area contributed by atoms with Crippen molar-refractivity contribution in [3.8, 4) is 5.75 Å². The highest BCUT2D eigenvalue weighted by Crippen LogP contribution is 2.32. The molecule has 154 valence electrons. The highest BCUT2D eigenvalue weighted by Gasteiger charge is 2.30. The van der Waals surface area contributed by atoms with E-state index in [1.807, 2.05) is 47.4 Å². The third kappa shape index (κ3) is 4.51. The number of nitrogens with zero attached hydrogens (tertiary/aromatic N) is 2. The minimum Gasteiger partial charge on any atom is -0.496 e. The number of benzene rings is 2. The predicted molar refractivity (Wildman–Crippen MR) is 114 cm³/mol. The van der Waals surface area contributed by atoms with E-state index in [0.29, 0.717) is 6.42 Å². The first-order chi connectivity index (χ1) is 14.6. The zero-order chi connectivity index (χ0) is 20.9. The van der Waals surface area contributed by atoms with Crippen LogP contribution in [0, 0.1) is 5.82 Å². The summed E-state index contributed by atoms with van der Waals surface area (Å²) in [6, 6.07) is 20.1. The Morgan fingerprint density at radius 3 is 2.70 bits per heavy atom. The van der Waals surface area contributed by atoms with Crippen LogP contribution in [0.3, 0.4) is 0 Å². The molecule has 2 heterocycles. The number of para-hydroxylation sites is 1. The van der Waals surface area contributed by atoms with Gasteiger partial charge in [0.1, 0.15) is 11.6 Å². The maximum atomic E-state index is 13.1. The molecule has 30 heavy (non-hydrogen) atoms. The summed E-state index contributed by atoms with van der Waals surface area (Å²) in [5.41, 5.74) is 3.78. The van der Waals surface area contributed by atoms with Crippen molar-refractivity contribution in [2.75, 3.05) is 13.7 Å². The topological polar surface area (TPSA) is 42.4 Å². The number of methoxy groups -OCH3 is 1. The molecule has 5 heteroatoms. The van der Waals surface area contributed by atoms with E-state index in [1.165, 1.54) is 12.1 Å². The van der Waals surface area contributed by atoms with Crippen LogP contribution in [0.2, 0.25) is 0 Å². The molecular formula is C25H25FN2O2. The molecule has 0 unspecified atom stereocenters. The van der Waals surface area contributed by atoms with Crippen molar-refractivity contribution in [3.63, 3.8) is 0 Å². The van der Waals surface area contributed by atoms with E-state index >= 15 is 0 Å². The molecule has 0 aliphatic carbocycles. The van der Waals surface area contributed by atoms with Gasteiger partial charge >= 0.3 is 0 Å². The van der Waals surface area contributed by atoms with Crippen LogP contribution in [0.5, 0.6) is 5.75 Å². The number of aromatic nitrogens is 1. The molecule has 4 rings (SSSR count). The summed E-state index contributed by atoms with van der Waals surface area (Å²) in [6.07, 6.45) is 2.81. The minimum absolute atomic E-state index is 0.0180. The minimum atomic E-state index is -0.290. The van der Waals surface area contributed by atoms with Crippen LogP contribution < -0.4 is 4.74 Å². The summed E-state index contributed by atoms with van der Waals surface area (Å²) in [4.78, 5) is 19.7. The molecular weight excluding hydrogens is 379 g/mol. The number of likely N-dealkylation sites (tertiary alicyclic amines) is 1. The average Bonchev–Trinajstić information content (AvgIpc) is 3.26. The molecule has 1 saturated heterocycles. The van der Waals surface area contributed by atoms with E-state index in [-0.39, 0.29) is 24.2 Å². The third-order valence-electron chi connectivity index (χ3n) is 5.58. The van der Waals surface area contributed by atoms with Crippen LogP contribution in [0.25, 0.3) is 0 Å². The van der Waals surface area contributed by atoms with Gasteiger partial charge in [-0.1, -0.05) is 36.4 Å². The van der Waals surface area contributed by atoms with Gasteiger partial charge in [0.2, 0.25) is 5.91 Å². The number of carbonyl (C=O) groups excluding carboxylic acids is 1. The van der Waals surface area contributed by atoms with Gasteiger partial charge in [0.25, 0.3) is 0 Å². The Labute approximate surface area is 176 Å². The Hall–Kier alpha value is -3.21. The van der Waals surface area contributed by atoms with Crippen LogP contribution in [-0.4, -0.2) is 29.4 Å². The molecule has 2 aromatic carbocycles. The van der Waals surface area contributed by atoms with Gasteiger partial charge in [-0.05, 0) is 48.7 Å². The standard InChI is InChI=1S/C25H25FN2O2/c1-30-24-10-3-2-6-19(24)17-21-7-4-8-22(27-21)23-9-5-15-28(23)25(29)16-18-11-13-20(26)14-12-18/h2-4,6-8,10-14,23H,5,9,15-17H2,1H3/t23-/m0/s1. The molecule has 1 atom stereocenters. The molecule has 0 bridgehead atoms. The number of hydrogen-bond acceptors (Lipinski definition) is 3. The molecule has 0 spiro atoms. The summed E-state index contributed by atoms with van der Waals surface area (Å²) in [7, 11) is 1.67. The number of hydrogen-bond donors (Lipinski definition) is 0. The van der Waals surface area contributed by atoms with Gasteiger partial charge in [0.15, 0.2) is 0 Å². The quantitative estimate of drug-likeness (QED) is 0.597. The number of pyridine rings is 1. The molecule has 4 nitrogen and oxygen atoms in total. The van der Waals surface area contributed by atoms with Gasteiger partial charge in [-0.2, -0.15) is 0 Å². The van der Waals surface area contributed by atoms with Gasteiger partial charge in [-0.15, -0.1) is 0 Å². The third-order valence-corrected chi connectivity index (χ3v) is 5.58. The summed E-state index contributed by atoms with van der Waals surface area (Å²) in [5, 5.41) is 0. The lowest BCUT2D eigenvalue weighted by Crippen LogP contribution is -2.32. The largest absolute Gasteiger partial charge is 0.496 e. The average molecular weight is 404 g/mol. The van der Waals surface area contributed by atoms with E-state index in [4.69, 9.17) is 9.72 Å². The van der Waals surface area contributed by atoms with E-state index in [0.717, 1.165) is 47.7 Å². The molecule has 3 aromatic rings. The lowest BCUT2D eigenvalue weighted by molar-refractivity contribution is -0.131. The normalized spacial score (nSPS) is 15.9. The second kappa shape index (κ2) is 9.08. The Morgan fingerprint density at radius 1 is 1.10 bits per heavy atom. The fourth-order valence-electron chi connectivity index (χ4n) is 4.08. The molecule has 1 fully saturated rings. The molecule has 0 N–H and O–H groups in total. The number of ether oxygens (including phenoxy) is 1. The van der Waals surface area contributed by atoms with E-state index in [9.17, 15) is 9.18 Å². The van der Waals surface area contributed by atoms with Crippen molar-refractivity contribution < 1.29 is 13.9 Å². The van der Waals surface area contributed by atoms with Gasteiger partial charge in [-0.3, -0.25) is 9.78 Å². The van der Waals surface area contributed by atoms with Crippen LogP contribution in [0.4, 0.5) is 4.39 Å². The van der Waals surface area contributed by atoms with Gasteiger partial charge in [-0.25, -0.2) is 4.39 Å². The fraction of sp³-hybridized carbons (Fsp3) is 0.280. The van der Waals surface area contributed by atoms with Crippen LogP contribution in [0.15, 0.2) is 66.7 Å². The number of carbonyl (C=O) groups is 1. The molecule has 1 amide bonds. The molecule has 1 aromatic heterocycles. The zero-order valence-corrected chi connectivity index (χ0v) is 17.1. The van der Waals surface area contributed by atoms with Crippen molar-refractivity contribution in [1.82, 2.24) is 9.88 Å². The molecule has 0 radical (unpaired) electrons. The number of rotatable bonds is 6. The van der Waals surface area contributed by atoms with Gasteiger partial charge in [0.05, 0.1) is 25.3 Å². The van der Waals surface area contributed by atoms with E-state index in [1.54, 1.807) is 19.2 Å². The van der Waals surface area contributed by atoms with Crippen LogP contribution in [0.1, 0.15) is 41.4 Å². The summed E-state index contributed by atoms with van der Waals surface area (Å²) < 4.78 is 18.6. The lowest BCUT2D eigenvalue weighted by Gasteiger charge is -2.25. The summed E-state index contributed by atoms with van der Waals surface area (Å²) in [5.74, 6) is 0.615. The van der Waals surface area contributed by atoms with E-state index < -0.39 is 0 Å². The molecule has 0 saturated carbocycles. The first-order valence-electron chi connectivity index (χ1n) is 10.3. The Bertz CT molecular complexity index is 1020. The van der Waals surface area contributed by atoms with Gasteiger partial charge < -0.3 is 9.64 Å². The smallest absolute Gasteiger partial charge is 0.227 e. The lowest BCUT2D eigenvalue weighted by atomic mass is 10.1. The number of halogens is 1. The predicted octanol–water partition coefficient (Wildman–Crippen LogP) is 4.73. The summed E-state index contributed by atoms with van der Waals surface area (Å²) in [6.45, 7) is 0.725. The van der Waals surface area contributed by atoms with Crippen molar-refractivity contribution in [2.24, 2.45) is 0 Å². The second-order valence-corrected chi connectivity index (χ2v) is 7.59. The van der Waals surface area contributed by atoms with Crippen molar-refractivity contribution in [2.45, 2.75) is 31.7 Å². The maximum Gasteiger partial charge on any atom is 0.227 e. The highest BCUT2D eigenvalue weighted by atomic mass is 19.1. The molecule has 1 aliphatic heterocycles. The van der Waals surface area contributed by atoms with Crippen molar-refractivity contribution in [3.05, 3.63) is 95.1 Å².